The first kappa shape index (κ1) is 17.3. The molecule has 0 spiro atoms. The van der Waals surface area contributed by atoms with Crippen molar-refractivity contribution < 1.29 is 5.11 Å². The van der Waals surface area contributed by atoms with Crippen molar-refractivity contribution in [3.05, 3.63) is 58.9 Å². The number of nitriles is 1. The predicted molar refractivity (Wildman–Crippen MR) is 101 cm³/mol. The van der Waals surface area contributed by atoms with Gasteiger partial charge in [-0.3, -0.25) is 4.90 Å². The SMILES string of the molecule is Cc1c(CN2[C@H]3CC[C@@H]2[C@@](CO)(Cc2ccccc2)C3)cc(C#N)n1C. The second-order valence-corrected chi connectivity index (χ2v) is 8.12. The van der Waals surface area contributed by atoms with Gasteiger partial charge in [-0.05, 0) is 49.8 Å². The molecular formula is C22H27N3O. The minimum Gasteiger partial charge on any atom is -0.396 e. The van der Waals surface area contributed by atoms with Crippen molar-refractivity contribution in [2.45, 2.75) is 51.2 Å². The van der Waals surface area contributed by atoms with Crippen molar-refractivity contribution in [3.8, 4) is 6.07 Å². The van der Waals surface area contributed by atoms with Crippen molar-refractivity contribution in [2.75, 3.05) is 6.61 Å². The summed E-state index contributed by atoms with van der Waals surface area (Å²) in [5.74, 6) is 0. The number of hydrogen-bond donors (Lipinski definition) is 1. The lowest BCUT2D eigenvalue weighted by atomic mass is 9.70. The van der Waals surface area contributed by atoms with Gasteiger partial charge in [0.05, 0.1) is 6.61 Å². The summed E-state index contributed by atoms with van der Waals surface area (Å²) in [6.07, 6.45) is 4.40. The van der Waals surface area contributed by atoms with E-state index in [9.17, 15) is 10.4 Å². The van der Waals surface area contributed by atoms with Crippen LogP contribution in [0.1, 0.15) is 41.8 Å². The van der Waals surface area contributed by atoms with Crippen LogP contribution in [0, 0.1) is 23.7 Å². The maximum atomic E-state index is 10.4. The highest BCUT2D eigenvalue weighted by Crippen LogP contribution is 2.51. The summed E-state index contributed by atoms with van der Waals surface area (Å²) in [6, 6.07) is 15.8. The minimum absolute atomic E-state index is 0.0367. The van der Waals surface area contributed by atoms with Crippen LogP contribution in [0.15, 0.2) is 36.4 Å². The van der Waals surface area contributed by atoms with Gasteiger partial charge in [-0.1, -0.05) is 30.3 Å². The molecule has 1 aromatic carbocycles. The van der Waals surface area contributed by atoms with E-state index in [-0.39, 0.29) is 12.0 Å². The topological polar surface area (TPSA) is 52.2 Å². The number of rotatable bonds is 5. The molecule has 3 heterocycles. The molecule has 136 valence electrons. The zero-order valence-electron chi connectivity index (χ0n) is 15.7. The fourth-order valence-corrected chi connectivity index (χ4v) is 5.30. The Hall–Kier alpha value is -2.09. The van der Waals surface area contributed by atoms with E-state index in [4.69, 9.17) is 0 Å². The van der Waals surface area contributed by atoms with Crippen LogP contribution in [-0.4, -0.2) is 33.3 Å². The molecule has 0 saturated carbocycles. The van der Waals surface area contributed by atoms with E-state index in [2.05, 4.69) is 42.2 Å². The van der Waals surface area contributed by atoms with E-state index in [1.54, 1.807) is 0 Å². The zero-order chi connectivity index (χ0) is 18.3. The van der Waals surface area contributed by atoms with Gasteiger partial charge in [-0.2, -0.15) is 5.26 Å². The minimum atomic E-state index is -0.0367. The van der Waals surface area contributed by atoms with E-state index in [0.29, 0.717) is 12.1 Å². The van der Waals surface area contributed by atoms with Gasteiger partial charge in [0, 0.05) is 36.8 Å². The molecule has 1 N–H and O–H groups in total. The largest absolute Gasteiger partial charge is 0.396 e. The fourth-order valence-electron chi connectivity index (χ4n) is 5.30. The van der Waals surface area contributed by atoms with Gasteiger partial charge in [0.25, 0.3) is 0 Å². The molecule has 4 heteroatoms. The predicted octanol–water partition coefficient (Wildman–Crippen LogP) is 3.16. The Kier molecular flexibility index (Phi) is 4.38. The Bertz CT molecular complexity index is 835. The summed E-state index contributed by atoms with van der Waals surface area (Å²) in [4.78, 5) is 2.60. The summed E-state index contributed by atoms with van der Waals surface area (Å²) in [5, 5.41) is 19.7. The Morgan fingerprint density at radius 3 is 2.69 bits per heavy atom. The third-order valence-electron chi connectivity index (χ3n) is 6.81. The van der Waals surface area contributed by atoms with Gasteiger partial charge >= 0.3 is 0 Å². The highest BCUT2D eigenvalue weighted by atomic mass is 16.3. The molecule has 2 aliphatic heterocycles. The van der Waals surface area contributed by atoms with Crippen LogP contribution < -0.4 is 0 Å². The molecule has 26 heavy (non-hydrogen) atoms. The van der Waals surface area contributed by atoms with Gasteiger partial charge in [0.1, 0.15) is 11.8 Å². The van der Waals surface area contributed by atoms with E-state index >= 15 is 0 Å². The lowest BCUT2D eigenvalue weighted by Crippen LogP contribution is -2.41. The van der Waals surface area contributed by atoms with Crippen molar-refractivity contribution in [3.63, 3.8) is 0 Å². The molecule has 0 unspecified atom stereocenters. The number of hydrogen-bond acceptors (Lipinski definition) is 3. The van der Waals surface area contributed by atoms with Crippen molar-refractivity contribution in [2.24, 2.45) is 12.5 Å². The van der Waals surface area contributed by atoms with Crippen LogP contribution in [-0.2, 0) is 20.0 Å². The zero-order valence-corrected chi connectivity index (χ0v) is 15.7. The normalized spacial score (nSPS) is 27.8. The third kappa shape index (κ3) is 2.67. The number of benzene rings is 1. The molecule has 0 radical (unpaired) electrons. The molecule has 1 aromatic heterocycles. The third-order valence-corrected chi connectivity index (χ3v) is 6.81. The summed E-state index contributed by atoms with van der Waals surface area (Å²) in [7, 11) is 1.96. The van der Waals surface area contributed by atoms with Gasteiger partial charge in [-0.25, -0.2) is 0 Å². The van der Waals surface area contributed by atoms with Crippen LogP contribution in [0.2, 0.25) is 0 Å². The first-order valence-electron chi connectivity index (χ1n) is 9.54. The lowest BCUT2D eigenvalue weighted by Gasteiger charge is -2.36. The Morgan fingerprint density at radius 1 is 1.27 bits per heavy atom. The van der Waals surface area contributed by atoms with Crippen LogP contribution in [0.25, 0.3) is 0 Å². The second-order valence-electron chi connectivity index (χ2n) is 8.12. The van der Waals surface area contributed by atoms with Gasteiger partial charge in [0.2, 0.25) is 0 Å². The fraction of sp³-hybridized carbons (Fsp3) is 0.500. The monoisotopic (exact) mass is 349 g/mol. The van der Waals surface area contributed by atoms with Gasteiger partial charge in [-0.15, -0.1) is 0 Å². The lowest BCUT2D eigenvalue weighted by molar-refractivity contribution is 0.0750. The number of fused-ring (bicyclic) bond motifs is 2. The molecule has 4 nitrogen and oxygen atoms in total. The number of aliphatic hydroxyl groups is 1. The van der Waals surface area contributed by atoms with Crippen molar-refractivity contribution in [1.29, 1.82) is 5.26 Å². The number of aliphatic hydroxyl groups excluding tert-OH is 1. The molecule has 2 aromatic rings. The molecule has 2 saturated heterocycles. The summed E-state index contributed by atoms with van der Waals surface area (Å²) < 4.78 is 1.98. The Labute approximate surface area is 155 Å². The highest BCUT2D eigenvalue weighted by molar-refractivity contribution is 5.34. The van der Waals surface area contributed by atoms with Gasteiger partial charge < -0.3 is 9.67 Å². The average Bonchev–Trinajstić information content (AvgIpc) is 3.28. The quantitative estimate of drug-likeness (QED) is 0.902. The molecule has 2 fully saturated rings. The highest BCUT2D eigenvalue weighted by Gasteiger charge is 2.55. The standard InChI is InChI=1S/C22H27N3O/c1-16-18(10-20(13-23)24(16)2)14-25-19-8-9-21(25)22(12-19,15-26)11-17-6-4-3-5-7-17/h3-7,10,19,21,26H,8-9,11-12,14-15H2,1-2H3/t19-,21+,22-/m0/s1. The number of aromatic nitrogens is 1. The molecule has 3 atom stereocenters. The van der Waals surface area contributed by atoms with Crippen LogP contribution in [0.3, 0.4) is 0 Å². The Morgan fingerprint density at radius 2 is 2.04 bits per heavy atom. The average molecular weight is 349 g/mol. The van der Waals surface area contributed by atoms with Crippen LogP contribution >= 0.6 is 0 Å². The van der Waals surface area contributed by atoms with E-state index < -0.39 is 0 Å². The summed E-state index contributed by atoms with van der Waals surface area (Å²) in [5.41, 5.74) is 4.42. The van der Waals surface area contributed by atoms with Crippen LogP contribution in [0.4, 0.5) is 0 Å². The first-order valence-corrected chi connectivity index (χ1v) is 9.54. The van der Waals surface area contributed by atoms with E-state index in [1.807, 2.05) is 23.7 Å². The molecule has 2 bridgehead atoms. The number of nitrogens with zero attached hydrogens (tertiary/aromatic N) is 3. The van der Waals surface area contributed by atoms with Crippen molar-refractivity contribution in [1.82, 2.24) is 9.47 Å². The van der Waals surface area contributed by atoms with Crippen molar-refractivity contribution >= 4 is 0 Å². The maximum Gasteiger partial charge on any atom is 0.120 e. The molecule has 0 amide bonds. The Balaban J connectivity index is 1.59. The second kappa shape index (κ2) is 6.57. The summed E-state index contributed by atoms with van der Waals surface area (Å²) >= 11 is 0. The van der Waals surface area contributed by atoms with E-state index in [1.165, 1.54) is 23.2 Å². The molecule has 0 aliphatic carbocycles. The summed E-state index contributed by atoms with van der Waals surface area (Å²) in [6.45, 7) is 3.22. The molecular weight excluding hydrogens is 322 g/mol. The molecule has 2 aliphatic rings. The maximum absolute atomic E-state index is 10.4. The molecule has 4 rings (SSSR count). The smallest absolute Gasteiger partial charge is 0.120 e. The van der Waals surface area contributed by atoms with Crippen LogP contribution in [0.5, 0.6) is 0 Å². The van der Waals surface area contributed by atoms with Gasteiger partial charge in [0.15, 0.2) is 0 Å². The first-order chi connectivity index (χ1) is 12.6. The van der Waals surface area contributed by atoms with E-state index in [0.717, 1.165) is 31.5 Å².